The van der Waals surface area contributed by atoms with E-state index in [0.29, 0.717) is 32.6 Å². The predicted molar refractivity (Wildman–Crippen MR) is 77.2 cm³/mol. The van der Waals surface area contributed by atoms with Crippen LogP contribution in [0.4, 0.5) is 4.79 Å². The van der Waals surface area contributed by atoms with Crippen LogP contribution < -0.4 is 5.32 Å². The minimum atomic E-state index is -0.831. The summed E-state index contributed by atoms with van der Waals surface area (Å²) in [7, 11) is 3.15. The second kappa shape index (κ2) is 8.19. The molecule has 2 N–H and O–H groups in total. The Labute approximate surface area is 125 Å². The molecule has 21 heavy (non-hydrogen) atoms. The topological polar surface area (TPSA) is 88.1 Å². The number of hydrogen-bond donors (Lipinski definition) is 2. The van der Waals surface area contributed by atoms with Crippen LogP contribution in [0.1, 0.15) is 26.2 Å². The molecule has 7 heteroatoms. The normalized spacial score (nSPS) is 17.7. The Balaban J connectivity index is 2.57. The lowest BCUT2D eigenvalue weighted by molar-refractivity contribution is -0.153. The molecule has 1 aliphatic carbocycles. The van der Waals surface area contributed by atoms with Gasteiger partial charge in [0.2, 0.25) is 0 Å². The van der Waals surface area contributed by atoms with Gasteiger partial charge in [-0.05, 0) is 19.8 Å². The van der Waals surface area contributed by atoms with Gasteiger partial charge in [0.15, 0.2) is 0 Å². The Kier molecular flexibility index (Phi) is 6.91. The van der Waals surface area contributed by atoms with Crippen LogP contribution >= 0.6 is 0 Å². The summed E-state index contributed by atoms with van der Waals surface area (Å²) in [6.07, 6.45) is 2.14. The van der Waals surface area contributed by atoms with Crippen LogP contribution in [0.3, 0.4) is 0 Å². The van der Waals surface area contributed by atoms with Crippen molar-refractivity contribution >= 4 is 12.0 Å². The number of carboxylic acid groups (broad SMARTS) is 1. The summed E-state index contributed by atoms with van der Waals surface area (Å²) in [5.74, 6) is -0.831. The number of nitrogens with one attached hydrogen (secondary N) is 1. The number of methoxy groups -OCH3 is 2. The number of rotatable bonds is 9. The van der Waals surface area contributed by atoms with Gasteiger partial charge in [-0.3, -0.25) is 4.79 Å². The predicted octanol–water partition coefficient (Wildman–Crippen LogP) is 0.934. The van der Waals surface area contributed by atoms with E-state index in [0.717, 1.165) is 6.42 Å². The summed E-state index contributed by atoms with van der Waals surface area (Å²) in [6, 6.07) is -0.378. The zero-order chi connectivity index (χ0) is 15.9. The fourth-order valence-corrected chi connectivity index (χ4v) is 2.46. The van der Waals surface area contributed by atoms with Crippen molar-refractivity contribution in [2.24, 2.45) is 5.41 Å². The molecule has 0 saturated heterocycles. The highest BCUT2D eigenvalue weighted by Gasteiger charge is 2.44. The molecule has 2 amide bonds. The standard InChI is InChI=1S/C14H26N2O5/c1-11(9-21-3)16(7-8-20-2)13(19)15-10-14(12(17)18)5-4-6-14/h11H,4-10H2,1-3H3,(H,15,19)(H,17,18). The minimum Gasteiger partial charge on any atom is -0.481 e. The van der Waals surface area contributed by atoms with Crippen LogP contribution in [0.15, 0.2) is 0 Å². The third kappa shape index (κ3) is 4.57. The minimum absolute atomic E-state index is 0.104. The van der Waals surface area contributed by atoms with Crippen molar-refractivity contribution in [2.45, 2.75) is 32.2 Å². The van der Waals surface area contributed by atoms with Gasteiger partial charge in [-0.1, -0.05) is 6.42 Å². The highest BCUT2D eigenvalue weighted by Crippen LogP contribution is 2.40. The third-order valence-corrected chi connectivity index (χ3v) is 4.08. The van der Waals surface area contributed by atoms with E-state index >= 15 is 0 Å². The van der Waals surface area contributed by atoms with E-state index in [4.69, 9.17) is 9.47 Å². The Bertz CT molecular complexity index is 357. The molecule has 0 radical (unpaired) electrons. The summed E-state index contributed by atoms with van der Waals surface area (Å²) in [6.45, 7) is 3.33. The molecule has 7 nitrogen and oxygen atoms in total. The van der Waals surface area contributed by atoms with Crippen molar-refractivity contribution in [3.8, 4) is 0 Å². The number of aliphatic carboxylic acids is 1. The Morgan fingerprint density at radius 2 is 2.00 bits per heavy atom. The molecule has 0 aromatic heterocycles. The van der Waals surface area contributed by atoms with Gasteiger partial charge in [-0.15, -0.1) is 0 Å². The Hall–Kier alpha value is -1.34. The van der Waals surface area contributed by atoms with Gasteiger partial charge in [0.25, 0.3) is 0 Å². The highest BCUT2D eigenvalue weighted by molar-refractivity contribution is 5.79. The second-order valence-corrected chi connectivity index (χ2v) is 5.59. The van der Waals surface area contributed by atoms with Gasteiger partial charge in [0, 0.05) is 27.3 Å². The summed E-state index contributed by atoms with van der Waals surface area (Å²) in [5.41, 5.74) is -0.785. The first-order chi connectivity index (χ1) is 9.96. The van der Waals surface area contributed by atoms with E-state index in [9.17, 15) is 14.7 Å². The fraction of sp³-hybridized carbons (Fsp3) is 0.857. The molecule has 0 spiro atoms. The second-order valence-electron chi connectivity index (χ2n) is 5.59. The monoisotopic (exact) mass is 302 g/mol. The van der Waals surface area contributed by atoms with E-state index in [1.165, 1.54) is 0 Å². The van der Waals surface area contributed by atoms with Gasteiger partial charge >= 0.3 is 12.0 Å². The molecule has 0 aromatic carbocycles. The lowest BCUT2D eigenvalue weighted by atomic mass is 9.69. The van der Waals surface area contributed by atoms with Crippen molar-refractivity contribution in [1.82, 2.24) is 10.2 Å². The molecular weight excluding hydrogens is 276 g/mol. The number of carbonyl (C=O) groups excluding carboxylic acids is 1. The van der Waals surface area contributed by atoms with Crippen LogP contribution in [0.5, 0.6) is 0 Å². The molecular formula is C14H26N2O5. The molecule has 1 atom stereocenters. The maximum atomic E-state index is 12.3. The van der Waals surface area contributed by atoms with Crippen molar-refractivity contribution in [1.29, 1.82) is 0 Å². The maximum absolute atomic E-state index is 12.3. The highest BCUT2D eigenvalue weighted by atomic mass is 16.5. The van der Waals surface area contributed by atoms with E-state index < -0.39 is 11.4 Å². The average molecular weight is 302 g/mol. The number of urea groups is 1. The quantitative estimate of drug-likeness (QED) is 0.661. The van der Waals surface area contributed by atoms with Gasteiger partial charge in [0.1, 0.15) is 0 Å². The smallest absolute Gasteiger partial charge is 0.317 e. The lowest BCUT2D eigenvalue weighted by Gasteiger charge is -2.38. The van der Waals surface area contributed by atoms with Crippen molar-refractivity contribution < 1.29 is 24.2 Å². The van der Waals surface area contributed by atoms with Crippen LogP contribution in [0.25, 0.3) is 0 Å². The van der Waals surface area contributed by atoms with Crippen LogP contribution in [0, 0.1) is 5.41 Å². The van der Waals surface area contributed by atoms with Gasteiger partial charge in [0.05, 0.1) is 24.7 Å². The third-order valence-electron chi connectivity index (χ3n) is 4.08. The first-order valence-corrected chi connectivity index (χ1v) is 7.22. The van der Waals surface area contributed by atoms with Crippen molar-refractivity contribution in [2.75, 3.05) is 40.5 Å². The fourth-order valence-electron chi connectivity index (χ4n) is 2.46. The van der Waals surface area contributed by atoms with E-state index in [-0.39, 0.29) is 18.6 Å². The van der Waals surface area contributed by atoms with E-state index in [1.807, 2.05) is 6.92 Å². The molecule has 1 saturated carbocycles. The Morgan fingerprint density at radius 3 is 2.43 bits per heavy atom. The number of ether oxygens (including phenoxy) is 2. The summed E-state index contributed by atoms with van der Waals surface area (Å²) in [5, 5.41) is 12.0. The van der Waals surface area contributed by atoms with E-state index in [2.05, 4.69) is 5.32 Å². The molecule has 0 bridgehead atoms. The van der Waals surface area contributed by atoms with Crippen molar-refractivity contribution in [3.63, 3.8) is 0 Å². The summed E-state index contributed by atoms with van der Waals surface area (Å²) < 4.78 is 10.1. The zero-order valence-electron chi connectivity index (χ0n) is 13.1. The number of carbonyl (C=O) groups is 2. The summed E-state index contributed by atoms with van der Waals surface area (Å²) in [4.78, 5) is 25.2. The molecule has 1 rings (SSSR count). The number of amides is 2. The molecule has 0 aliphatic heterocycles. The van der Waals surface area contributed by atoms with Crippen molar-refractivity contribution in [3.05, 3.63) is 0 Å². The van der Waals surface area contributed by atoms with Crippen LogP contribution in [-0.4, -0.2) is 68.6 Å². The molecule has 1 unspecified atom stereocenters. The average Bonchev–Trinajstić information content (AvgIpc) is 2.37. The maximum Gasteiger partial charge on any atom is 0.317 e. The molecule has 1 aliphatic rings. The molecule has 1 fully saturated rings. The van der Waals surface area contributed by atoms with Crippen LogP contribution in [0.2, 0.25) is 0 Å². The largest absolute Gasteiger partial charge is 0.481 e. The van der Waals surface area contributed by atoms with Gasteiger partial charge < -0.3 is 24.8 Å². The van der Waals surface area contributed by atoms with Gasteiger partial charge in [-0.2, -0.15) is 0 Å². The molecule has 0 heterocycles. The number of hydrogen-bond acceptors (Lipinski definition) is 4. The Morgan fingerprint density at radius 1 is 1.33 bits per heavy atom. The number of carboxylic acids is 1. The first-order valence-electron chi connectivity index (χ1n) is 7.22. The lowest BCUT2D eigenvalue weighted by Crippen LogP contribution is -2.53. The van der Waals surface area contributed by atoms with Crippen LogP contribution in [-0.2, 0) is 14.3 Å². The first kappa shape index (κ1) is 17.7. The molecule has 0 aromatic rings. The number of nitrogens with zero attached hydrogens (tertiary/aromatic N) is 1. The summed E-state index contributed by atoms with van der Waals surface area (Å²) >= 11 is 0. The SMILES string of the molecule is COCCN(C(=O)NCC1(C(=O)O)CCC1)C(C)COC. The van der Waals surface area contributed by atoms with Gasteiger partial charge in [-0.25, -0.2) is 4.79 Å². The van der Waals surface area contributed by atoms with E-state index in [1.54, 1.807) is 19.1 Å². The molecule has 122 valence electrons. The zero-order valence-corrected chi connectivity index (χ0v) is 13.1.